The van der Waals surface area contributed by atoms with E-state index in [1.54, 1.807) is 0 Å². The minimum absolute atomic E-state index is 0.259. The number of anilines is 3. The number of thiophene rings is 1. The van der Waals surface area contributed by atoms with Crippen molar-refractivity contribution in [3.05, 3.63) is 23.2 Å². The van der Waals surface area contributed by atoms with Gasteiger partial charge in [-0.1, -0.05) is 0 Å². The van der Waals surface area contributed by atoms with Crippen molar-refractivity contribution in [2.45, 2.75) is 6.92 Å². The number of hydrogen-bond donors (Lipinski definition) is 3. The predicted octanol–water partition coefficient (Wildman–Crippen LogP) is 2.05. The standard InChI is InChI=1S/C10H10N6S/c1-5-4-7(16-15-5)12-8-6-2-3-17-9(6)14-10(11)13-8/h2-4H,1H3,(H4,11,12,13,14,15,16). The van der Waals surface area contributed by atoms with Gasteiger partial charge in [-0.2, -0.15) is 10.1 Å². The highest BCUT2D eigenvalue weighted by molar-refractivity contribution is 7.16. The maximum Gasteiger partial charge on any atom is 0.223 e. The second kappa shape index (κ2) is 3.70. The molecular formula is C10H10N6S. The Kier molecular flexibility index (Phi) is 2.19. The molecule has 0 aliphatic carbocycles. The molecule has 3 aromatic rings. The van der Waals surface area contributed by atoms with Crippen LogP contribution in [-0.2, 0) is 0 Å². The number of hydrogen-bond acceptors (Lipinski definition) is 6. The molecule has 6 nitrogen and oxygen atoms in total. The minimum Gasteiger partial charge on any atom is -0.368 e. The zero-order valence-electron chi connectivity index (χ0n) is 9.06. The average Bonchev–Trinajstić information content (AvgIpc) is 2.87. The van der Waals surface area contributed by atoms with Crippen molar-refractivity contribution in [3.63, 3.8) is 0 Å². The SMILES string of the molecule is Cc1cc(Nc2nc(N)nc3sccc23)n[nH]1. The number of nitrogens with one attached hydrogen (secondary N) is 2. The molecule has 3 rings (SSSR count). The molecule has 0 unspecified atom stereocenters. The lowest BCUT2D eigenvalue weighted by Crippen LogP contribution is -2.00. The van der Waals surface area contributed by atoms with Crippen LogP contribution in [0.15, 0.2) is 17.5 Å². The average molecular weight is 246 g/mol. The van der Waals surface area contributed by atoms with Crippen LogP contribution in [0, 0.1) is 6.92 Å². The summed E-state index contributed by atoms with van der Waals surface area (Å²) in [4.78, 5) is 9.21. The van der Waals surface area contributed by atoms with E-state index in [0.29, 0.717) is 11.6 Å². The van der Waals surface area contributed by atoms with Crippen molar-refractivity contribution in [2.75, 3.05) is 11.1 Å². The van der Waals surface area contributed by atoms with E-state index >= 15 is 0 Å². The summed E-state index contributed by atoms with van der Waals surface area (Å²) in [7, 11) is 0. The van der Waals surface area contributed by atoms with Crippen LogP contribution in [0.2, 0.25) is 0 Å². The molecule has 0 fully saturated rings. The number of nitrogens with zero attached hydrogens (tertiary/aromatic N) is 3. The maximum absolute atomic E-state index is 5.66. The van der Waals surface area contributed by atoms with E-state index in [-0.39, 0.29) is 5.95 Å². The third-order valence-corrected chi connectivity index (χ3v) is 3.10. The first-order valence-electron chi connectivity index (χ1n) is 5.02. The van der Waals surface area contributed by atoms with Crippen LogP contribution in [0.25, 0.3) is 10.2 Å². The van der Waals surface area contributed by atoms with Gasteiger partial charge in [0.2, 0.25) is 5.95 Å². The van der Waals surface area contributed by atoms with E-state index < -0.39 is 0 Å². The first kappa shape index (κ1) is 10.0. The molecule has 0 amide bonds. The molecule has 7 heteroatoms. The Bertz CT molecular complexity index is 670. The fourth-order valence-electron chi connectivity index (χ4n) is 1.57. The smallest absolute Gasteiger partial charge is 0.223 e. The molecule has 0 bridgehead atoms. The van der Waals surface area contributed by atoms with Gasteiger partial charge in [-0.25, -0.2) is 4.98 Å². The van der Waals surface area contributed by atoms with Crippen LogP contribution >= 0.6 is 11.3 Å². The zero-order valence-corrected chi connectivity index (χ0v) is 9.88. The Morgan fingerprint density at radius 1 is 1.41 bits per heavy atom. The predicted molar refractivity (Wildman–Crippen MR) is 68.4 cm³/mol. The lowest BCUT2D eigenvalue weighted by molar-refractivity contribution is 1.05. The minimum atomic E-state index is 0.259. The fourth-order valence-corrected chi connectivity index (χ4v) is 2.34. The first-order chi connectivity index (χ1) is 8.22. The number of nitrogen functional groups attached to an aromatic ring is 1. The Hall–Kier alpha value is -2.15. The summed E-state index contributed by atoms with van der Waals surface area (Å²) in [6, 6.07) is 3.86. The second-order valence-corrected chi connectivity index (χ2v) is 4.53. The maximum atomic E-state index is 5.66. The molecule has 3 heterocycles. The molecule has 0 radical (unpaired) electrons. The normalized spacial score (nSPS) is 10.9. The number of H-pyrrole nitrogens is 1. The molecule has 17 heavy (non-hydrogen) atoms. The lowest BCUT2D eigenvalue weighted by Gasteiger charge is -2.03. The zero-order chi connectivity index (χ0) is 11.8. The van der Waals surface area contributed by atoms with E-state index in [1.807, 2.05) is 24.4 Å². The molecule has 86 valence electrons. The molecule has 0 aliphatic rings. The van der Waals surface area contributed by atoms with Crippen LogP contribution in [-0.4, -0.2) is 20.2 Å². The summed E-state index contributed by atoms with van der Waals surface area (Å²) >= 11 is 1.53. The molecule has 0 atom stereocenters. The van der Waals surface area contributed by atoms with E-state index in [2.05, 4.69) is 25.5 Å². The third-order valence-electron chi connectivity index (χ3n) is 2.29. The fraction of sp³-hybridized carbons (Fsp3) is 0.100. The Morgan fingerprint density at radius 2 is 2.29 bits per heavy atom. The highest BCUT2D eigenvalue weighted by Gasteiger charge is 2.08. The topological polar surface area (TPSA) is 92.5 Å². The summed E-state index contributed by atoms with van der Waals surface area (Å²) in [6.45, 7) is 1.94. The molecule has 4 N–H and O–H groups in total. The number of aryl methyl sites for hydroxylation is 1. The van der Waals surface area contributed by atoms with Gasteiger partial charge in [0.25, 0.3) is 0 Å². The molecule has 0 aromatic carbocycles. The van der Waals surface area contributed by atoms with Crippen LogP contribution < -0.4 is 11.1 Å². The van der Waals surface area contributed by atoms with Crippen LogP contribution in [0.5, 0.6) is 0 Å². The largest absolute Gasteiger partial charge is 0.368 e. The second-order valence-electron chi connectivity index (χ2n) is 3.63. The van der Waals surface area contributed by atoms with Gasteiger partial charge in [-0.15, -0.1) is 11.3 Å². The molecule has 0 saturated carbocycles. The molecular weight excluding hydrogens is 236 g/mol. The first-order valence-corrected chi connectivity index (χ1v) is 5.90. The van der Waals surface area contributed by atoms with Gasteiger partial charge in [0.05, 0.1) is 5.39 Å². The van der Waals surface area contributed by atoms with Crippen molar-refractivity contribution in [1.29, 1.82) is 0 Å². The summed E-state index contributed by atoms with van der Waals surface area (Å²) in [5.41, 5.74) is 6.64. The summed E-state index contributed by atoms with van der Waals surface area (Å²) in [5, 5.41) is 13.0. The molecule has 0 aliphatic heterocycles. The van der Waals surface area contributed by atoms with Crippen molar-refractivity contribution < 1.29 is 0 Å². The van der Waals surface area contributed by atoms with E-state index in [1.165, 1.54) is 11.3 Å². The Balaban J connectivity index is 2.07. The van der Waals surface area contributed by atoms with Crippen molar-refractivity contribution >= 4 is 39.1 Å². The van der Waals surface area contributed by atoms with Crippen LogP contribution in [0.4, 0.5) is 17.6 Å². The molecule has 3 aromatic heterocycles. The highest BCUT2D eigenvalue weighted by atomic mass is 32.1. The van der Waals surface area contributed by atoms with Crippen LogP contribution in [0.1, 0.15) is 5.69 Å². The summed E-state index contributed by atoms with van der Waals surface area (Å²) in [5.74, 6) is 1.66. The quantitative estimate of drug-likeness (QED) is 0.643. The number of aromatic nitrogens is 4. The summed E-state index contributed by atoms with van der Waals surface area (Å²) in [6.07, 6.45) is 0. The van der Waals surface area contributed by atoms with Gasteiger partial charge in [0.1, 0.15) is 10.6 Å². The van der Waals surface area contributed by atoms with Gasteiger partial charge in [0.15, 0.2) is 5.82 Å². The number of rotatable bonds is 2. The summed E-state index contributed by atoms with van der Waals surface area (Å²) < 4.78 is 0. The van der Waals surface area contributed by atoms with E-state index in [0.717, 1.165) is 15.9 Å². The number of fused-ring (bicyclic) bond motifs is 1. The Labute approximate surface area is 101 Å². The van der Waals surface area contributed by atoms with Gasteiger partial charge in [-0.3, -0.25) is 5.10 Å². The molecule has 0 spiro atoms. The van der Waals surface area contributed by atoms with Crippen LogP contribution in [0.3, 0.4) is 0 Å². The van der Waals surface area contributed by atoms with Crippen molar-refractivity contribution in [3.8, 4) is 0 Å². The lowest BCUT2D eigenvalue weighted by atomic mass is 10.3. The van der Waals surface area contributed by atoms with Crippen molar-refractivity contribution in [1.82, 2.24) is 20.2 Å². The van der Waals surface area contributed by atoms with Gasteiger partial charge < -0.3 is 11.1 Å². The van der Waals surface area contributed by atoms with Gasteiger partial charge in [-0.05, 0) is 18.4 Å². The molecule has 0 saturated heterocycles. The number of nitrogens with two attached hydrogens (primary N) is 1. The van der Waals surface area contributed by atoms with Gasteiger partial charge >= 0.3 is 0 Å². The Morgan fingerprint density at radius 3 is 3.06 bits per heavy atom. The highest BCUT2D eigenvalue weighted by Crippen LogP contribution is 2.27. The van der Waals surface area contributed by atoms with Crippen molar-refractivity contribution in [2.24, 2.45) is 0 Å². The monoisotopic (exact) mass is 246 g/mol. The van der Waals surface area contributed by atoms with Gasteiger partial charge in [0, 0.05) is 11.8 Å². The third kappa shape index (κ3) is 1.80. The van der Waals surface area contributed by atoms with E-state index in [9.17, 15) is 0 Å². The number of aromatic amines is 1. The van der Waals surface area contributed by atoms with E-state index in [4.69, 9.17) is 5.73 Å².